The normalized spacial score (nSPS) is 24.5. The maximum atomic E-state index is 12.6. The molecule has 94 valence electrons. The van der Waals surface area contributed by atoms with E-state index in [-0.39, 0.29) is 6.04 Å². The highest BCUT2D eigenvalue weighted by Gasteiger charge is 2.40. The van der Waals surface area contributed by atoms with Crippen LogP contribution < -0.4 is 5.32 Å². The summed E-state index contributed by atoms with van der Waals surface area (Å²) >= 11 is 1.29. The summed E-state index contributed by atoms with van der Waals surface area (Å²) in [4.78, 5) is 3.49. The predicted octanol–water partition coefficient (Wildman–Crippen LogP) is 2.60. The highest BCUT2D eigenvalue weighted by molar-refractivity contribution is 8.14. The summed E-state index contributed by atoms with van der Waals surface area (Å²) in [5, 5.41) is 3.27. The second-order valence-electron chi connectivity index (χ2n) is 3.99. The topological polar surface area (TPSA) is 24.4 Å². The quantitative estimate of drug-likeness (QED) is 0.784. The smallest absolute Gasteiger partial charge is 0.326 e. The predicted molar refractivity (Wildman–Crippen MR) is 57.5 cm³/mol. The molecule has 1 aliphatic rings. The van der Waals surface area contributed by atoms with Crippen LogP contribution in [0.1, 0.15) is 13.8 Å². The molecule has 0 bridgehead atoms. The molecule has 1 N–H and O–H groups in total. The van der Waals surface area contributed by atoms with Crippen LogP contribution in [0.5, 0.6) is 0 Å². The number of aliphatic imine (C=N–C) groups is 1. The average molecular weight is 258 g/mol. The summed E-state index contributed by atoms with van der Waals surface area (Å²) in [6.07, 6.45) is -3.66. The molecule has 1 saturated heterocycles. The third kappa shape index (κ3) is 3.54. The SMILES string of the molecule is CC(C)C1CSC(=NCC(F)(F)C(F)F)N1. The molecule has 0 aliphatic carbocycles. The van der Waals surface area contributed by atoms with Crippen molar-refractivity contribution in [2.24, 2.45) is 10.9 Å². The molecular formula is C9H14F4N2S. The lowest BCUT2D eigenvalue weighted by Crippen LogP contribution is -2.34. The second-order valence-corrected chi connectivity index (χ2v) is 5.00. The van der Waals surface area contributed by atoms with E-state index < -0.39 is 18.9 Å². The lowest BCUT2D eigenvalue weighted by atomic mass is 10.1. The number of rotatable bonds is 4. The monoisotopic (exact) mass is 258 g/mol. The van der Waals surface area contributed by atoms with E-state index in [9.17, 15) is 17.6 Å². The molecule has 1 fully saturated rings. The van der Waals surface area contributed by atoms with Gasteiger partial charge in [0.2, 0.25) is 0 Å². The van der Waals surface area contributed by atoms with Gasteiger partial charge < -0.3 is 5.32 Å². The molecule has 0 spiro atoms. The Hall–Kier alpha value is -0.460. The van der Waals surface area contributed by atoms with Crippen LogP contribution in [-0.2, 0) is 0 Å². The Kier molecular flexibility index (Phi) is 4.46. The molecule has 2 nitrogen and oxygen atoms in total. The molecule has 1 unspecified atom stereocenters. The van der Waals surface area contributed by atoms with E-state index >= 15 is 0 Å². The van der Waals surface area contributed by atoms with Crippen molar-refractivity contribution in [2.45, 2.75) is 32.2 Å². The number of hydrogen-bond acceptors (Lipinski definition) is 2. The fourth-order valence-electron chi connectivity index (χ4n) is 1.11. The first-order chi connectivity index (χ1) is 7.33. The standard InChI is InChI=1S/C9H14F4N2S/c1-5(2)6-3-16-8(15-6)14-4-9(12,13)7(10)11/h5-7H,3-4H2,1-2H3,(H,14,15). The fourth-order valence-corrected chi connectivity index (χ4v) is 2.30. The molecule has 16 heavy (non-hydrogen) atoms. The van der Waals surface area contributed by atoms with Crippen molar-refractivity contribution in [3.8, 4) is 0 Å². The first-order valence-corrected chi connectivity index (χ1v) is 5.91. The minimum atomic E-state index is -4.04. The molecule has 1 heterocycles. The average Bonchev–Trinajstić information content (AvgIpc) is 2.63. The third-order valence-corrected chi connectivity index (χ3v) is 3.31. The molecule has 0 radical (unpaired) electrons. The zero-order valence-corrected chi connectivity index (χ0v) is 9.83. The molecule has 1 rings (SSSR count). The van der Waals surface area contributed by atoms with Crippen molar-refractivity contribution in [3.63, 3.8) is 0 Å². The van der Waals surface area contributed by atoms with Gasteiger partial charge in [-0.15, -0.1) is 0 Å². The van der Waals surface area contributed by atoms with Gasteiger partial charge in [-0.3, -0.25) is 4.99 Å². The zero-order valence-electron chi connectivity index (χ0n) is 9.01. The molecule has 0 aromatic heterocycles. The number of amidine groups is 1. The highest BCUT2D eigenvalue weighted by atomic mass is 32.2. The van der Waals surface area contributed by atoms with Gasteiger partial charge >= 0.3 is 12.3 Å². The first kappa shape index (κ1) is 13.6. The maximum absolute atomic E-state index is 12.6. The number of nitrogens with one attached hydrogen (secondary N) is 1. The van der Waals surface area contributed by atoms with Crippen molar-refractivity contribution in [1.82, 2.24) is 5.32 Å². The summed E-state index contributed by atoms with van der Waals surface area (Å²) in [7, 11) is 0. The van der Waals surface area contributed by atoms with Gasteiger partial charge in [0.1, 0.15) is 6.54 Å². The second kappa shape index (κ2) is 5.25. The van der Waals surface area contributed by atoms with Gasteiger partial charge in [-0.1, -0.05) is 25.6 Å². The van der Waals surface area contributed by atoms with Crippen LogP contribution in [0.4, 0.5) is 17.6 Å². The van der Waals surface area contributed by atoms with E-state index in [1.807, 2.05) is 13.8 Å². The number of alkyl halides is 4. The molecule has 7 heteroatoms. The summed E-state index contributed by atoms with van der Waals surface area (Å²) in [5.74, 6) is -2.95. The molecule has 1 aliphatic heterocycles. The van der Waals surface area contributed by atoms with Gasteiger partial charge in [-0.05, 0) is 5.92 Å². The molecular weight excluding hydrogens is 244 g/mol. The Morgan fingerprint density at radius 3 is 2.56 bits per heavy atom. The van der Waals surface area contributed by atoms with Crippen molar-refractivity contribution < 1.29 is 17.6 Å². The molecule has 0 aromatic rings. The summed E-state index contributed by atoms with van der Waals surface area (Å²) < 4.78 is 48.8. The Morgan fingerprint density at radius 2 is 2.12 bits per heavy atom. The zero-order chi connectivity index (χ0) is 12.3. The number of hydrogen-bond donors (Lipinski definition) is 1. The summed E-state index contributed by atoms with van der Waals surface area (Å²) in [6, 6.07) is 0.170. The largest absolute Gasteiger partial charge is 0.361 e. The Balaban J connectivity index is 2.48. The fraction of sp³-hybridized carbons (Fsp3) is 0.889. The molecule has 0 amide bonds. The van der Waals surface area contributed by atoms with Crippen LogP contribution in [0, 0.1) is 5.92 Å². The van der Waals surface area contributed by atoms with Gasteiger partial charge in [0.25, 0.3) is 0 Å². The van der Waals surface area contributed by atoms with Gasteiger partial charge in [0, 0.05) is 11.8 Å². The molecule has 0 saturated carbocycles. The van der Waals surface area contributed by atoms with Crippen molar-refractivity contribution >= 4 is 16.9 Å². The lowest BCUT2D eigenvalue weighted by molar-refractivity contribution is -0.119. The highest BCUT2D eigenvalue weighted by Crippen LogP contribution is 2.25. The number of nitrogens with zero attached hydrogens (tertiary/aromatic N) is 1. The summed E-state index contributed by atoms with van der Waals surface area (Å²) in [5.41, 5.74) is 0. The van der Waals surface area contributed by atoms with E-state index in [0.29, 0.717) is 11.1 Å². The summed E-state index contributed by atoms with van der Waals surface area (Å²) in [6.45, 7) is 2.83. The molecule has 1 atom stereocenters. The van der Waals surface area contributed by atoms with Gasteiger partial charge in [0.15, 0.2) is 5.17 Å². The molecule has 0 aromatic carbocycles. The van der Waals surface area contributed by atoms with E-state index in [2.05, 4.69) is 10.3 Å². The van der Waals surface area contributed by atoms with E-state index in [4.69, 9.17) is 0 Å². The van der Waals surface area contributed by atoms with Gasteiger partial charge in [-0.2, -0.15) is 8.78 Å². The van der Waals surface area contributed by atoms with Gasteiger partial charge in [-0.25, -0.2) is 8.78 Å². The minimum absolute atomic E-state index is 0.170. The van der Waals surface area contributed by atoms with Crippen LogP contribution >= 0.6 is 11.8 Å². The van der Waals surface area contributed by atoms with Crippen LogP contribution in [0.3, 0.4) is 0 Å². The van der Waals surface area contributed by atoms with Crippen LogP contribution in [0.2, 0.25) is 0 Å². The maximum Gasteiger partial charge on any atom is 0.326 e. The van der Waals surface area contributed by atoms with Crippen molar-refractivity contribution in [1.29, 1.82) is 0 Å². The number of thioether (sulfide) groups is 1. The lowest BCUT2D eigenvalue weighted by Gasteiger charge is -2.14. The van der Waals surface area contributed by atoms with Crippen LogP contribution in [0.25, 0.3) is 0 Å². The van der Waals surface area contributed by atoms with Crippen LogP contribution in [-0.4, -0.2) is 35.9 Å². The minimum Gasteiger partial charge on any atom is -0.361 e. The Bertz CT molecular complexity index is 268. The van der Waals surface area contributed by atoms with Crippen molar-refractivity contribution in [2.75, 3.05) is 12.3 Å². The van der Waals surface area contributed by atoms with Crippen molar-refractivity contribution in [3.05, 3.63) is 0 Å². The van der Waals surface area contributed by atoms with Gasteiger partial charge in [0.05, 0.1) is 0 Å². The number of halogens is 4. The van der Waals surface area contributed by atoms with E-state index in [1.54, 1.807) is 0 Å². The Morgan fingerprint density at radius 1 is 1.50 bits per heavy atom. The third-order valence-electron chi connectivity index (χ3n) is 2.27. The Labute approximate surface area is 95.9 Å². The van der Waals surface area contributed by atoms with E-state index in [1.165, 1.54) is 11.8 Å². The first-order valence-electron chi connectivity index (χ1n) is 4.92. The van der Waals surface area contributed by atoms with Crippen LogP contribution in [0.15, 0.2) is 4.99 Å². The van der Waals surface area contributed by atoms with E-state index in [0.717, 1.165) is 5.75 Å².